The summed E-state index contributed by atoms with van der Waals surface area (Å²) < 4.78 is 15.9. The second-order valence-corrected chi connectivity index (χ2v) is 40.6. The zero-order valence-electron chi connectivity index (χ0n) is 62.8. The number of nitrogens with zero attached hydrogens (tertiary/aromatic N) is 2. The van der Waals surface area contributed by atoms with E-state index in [9.17, 15) is 10.2 Å². The summed E-state index contributed by atoms with van der Waals surface area (Å²) in [6.45, 7) is 59.2. The van der Waals surface area contributed by atoms with Crippen molar-refractivity contribution in [3.63, 3.8) is 0 Å². The Morgan fingerprint density at radius 3 is 0.745 bits per heavy atom. The van der Waals surface area contributed by atoms with Gasteiger partial charge in [0.25, 0.3) is 19.6 Å². The van der Waals surface area contributed by atoms with Crippen molar-refractivity contribution < 1.29 is 45.5 Å². The monoisotopic (exact) mass is 1450 g/mol. The maximum Gasteiger partial charge on any atom is 0.262 e. The summed E-state index contributed by atoms with van der Waals surface area (Å²) >= 11 is 0. The van der Waals surface area contributed by atoms with Crippen LogP contribution >= 0.6 is 0 Å². The van der Waals surface area contributed by atoms with Crippen molar-refractivity contribution in [1.82, 2.24) is 9.13 Å². The van der Waals surface area contributed by atoms with Crippen molar-refractivity contribution in [2.24, 2.45) is 0 Å². The molecule has 8 heteroatoms. The van der Waals surface area contributed by atoms with E-state index in [-0.39, 0.29) is 95.5 Å². The fourth-order valence-electron chi connectivity index (χ4n) is 12.6. The number of phenolic OH excluding ortho intramolecular Hbond substituents is 2. The van der Waals surface area contributed by atoms with Crippen molar-refractivity contribution in [1.29, 1.82) is 0 Å². The van der Waals surface area contributed by atoms with Crippen LogP contribution in [0.15, 0.2) is 133 Å². The van der Waals surface area contributed by atoms with Gasteiger partial charge in [-0.2, -0.15) is 0 Å². The first-order valence-electron chi connectivity index (χ1n) is 33.3. The molecule has 10 rings (SSSR count). The number of benzene rings is 8. The first-order chi connectivity index (χ1) is 41.7. The molecule has 0 amide bonds. The van der Waals surface area contributed by atoms with Gasteiger partial charge < -0.3 is 43.7 Å². The number of fused-ring (bicyclic) bond motifs is 6. The standard InChI is InChI=1S/C84H106N2O4Si.2CH3.Hf/c1-77(2,3)51-27-33-67-59(39-51)60-40-52(78(4,5)6)28-34-68(60)85(67)71-47-57(83(19,20)21)45-65(75(71)87)63-43-55(81(13,14)15)31-37-73(63)89-49-91(25,26)50-90-74-38-32-56(82(16,17)18)44-64(74)66-46-58(84(22,23)24)48-72(76(66)88)86-69-35-29-53(79(7,8)9)41-61(69)62-42-54(80(10,11)12)30-36-70(62)86;;;/h27-48,87-88H,49-50H2,1-26H3;2*1H3;/q;2*-1;/p+2. The van der Waals surface area contributed by atoms with Gasteiger partial charge in [-0.1, -0.05) is 204 Å². The summed E-state index contributed by atoms with van der Waals surface area (Å²) in [5.41, 5.74) is 17.8. The molecule has 0 fully saturated rings. The molecule has 0 aliphatic carbocycles. The first kappa shape index (κ1) is 75.0. The third-order valence-corrected chi connectivity index (χ3v) is 21.1. The minimum absolute atomic E-state index is 0. The molecule has 94 heavy (non-hydrogen) atoms. The van der Waals surface area contributed by atoms with Gasteiger partial charge in [-0.3, -0.25) is 0 Å². The van der Waals surface area contributed by atoms with Crippen LogP contribution in [0.25, 0.3) is 77.2 Å². The van der Waals surface area contributed by atoms with Gasteiger partial charge in [0.15, 0.2) is 12.5 Å². The van der Waals surface area contributed by atoms with Crippen LogP contribution in [0.4, 0.5) is 0 Å². The fourth-order valence-corrected chi connectivity index (χ4v) is 13.9. The van der Waals surface area contributed by atoms with Crippen molar-refractivity contribution in [2.75, 3.05) is 12.5 Å². The molecule has 0 atom stereocenters. The van der Waals surface area contributed by atoms with Gasteiger partial charge in [0.1, 0.15) is 11.5 Å². The molecule has 6 nitrogen and oxygen atoms in total. The van der Waals surface area contributed by atoms with E-state index in [4.69, 9.17) is 9.47 Å². The number of ether oxygens (including phenoxy) is 2. The van der Waals surface area contributed by atoms with Crippen LogP contribution in [0.3, 0.4) is 0 Å². The van der Waals surface area contributed by atoms with Crippen LogP contribution in [-0.2, 0) is 69.2 Å². The predicted octanol–water partition coefficient (Wildman–Crippen LogP) is 23.9. The zero-order valence-corrected chi connectivity index (χ0v) is 67.4. The van der Waals surface area contributed by atoms with Crippen molar-refractivity contribution in [2.45, 2.75) is 223 Å². The Kier molecular flexibility index (Phi) is 20.4. The van der Waals surface area contributed by atoms with Crippen LogP contribution in [0, 0.1) is 14.9 Å². The number of hydrogen-bond acceptors (Lipinski definition) is 2. The van der Waals surface area contributed by atoms with E-state index in [2.05, 4.69) is 322 Å². The molecule has 8 aromatic carbocycles. The Balaban J connectivity index is 0.00000417. The summed E-state index contributed by atoms with van der Waals surface area (Å²) in [5, 5.41) is 31.3. The minimum Gasteiger partial charge on any atom is -0.585 e. The molecule has 10 aromatic rings. The van der Waals surface area contributed by atoms with Gasteiger partial charge in [0, 0.05) is 70.6 Å². The van der Waals surface area contributed by atoms with Gasteiger partial charge >= 0.3 is 0 Å². The van der Waals surface area contributed by atoms with Crippen molar-refractivity contribution >= 4 is 51.7 Å². The number of rotatable bonds is 10. The summed E-state index contributed by atoms with van der Waals surface area (Å²) in [4.78, 5) is 0. The van der Waals surface area contributed by atoms with Crippen LogP contribution < -0.4 is 0 Å². The van der Waals surface area contributed by atoms with E-state index in [0.717, 1.165) is 78.3 Å². The van der Waals surface area contributed by atoms with E-state index in [1.165, 1.54) is 54.9 Å². The molecule has 2 heterocycles. The topological polar surface area (TPSA) is 75.9 Å². The molecular formula is C86H114HfN2O4Si. The molecular weight excluding hydrogens is 1330 g/mol. The molecule has 0 aliphatic heterocycles. The third-order valence-electron chi connectivity index (χ3n) is 19.0. The second kappa shape index (κ2) is 25.6. The van der Waals surface area contributed by atoms with E-state index in [0.29, 0.717) is 12.5 Å². The summed E-state index contributed by atoms with van der Waals surface area (Å²) in [7, 11) is -2.30. The van der Waals surface area contributed by atoms with Crippen LogP contribution in [-0.4, -0.2) is 49.4 Å². The third kappa shape index (κ3) is 14.8. The molecule has 0 radical (unpaired) electrons. The Morgan fingerprint density at radius 2 is 0.511 bits per heavy atom. The molecule has 0 unspecified atom stereocenters. The predicted molar refractivity (Wildman–Crippen MR) is 409 cm³/mol. The zero-order chi connectivity index (χ0) is 67.1. The average Bonchev–Trinajstić information content (AvgIpc) is 1.55. The normalized spacial score (nSPS) is 13.1. The Morgan fingerprint density at radius 1 is 0.298 bits per heavy atom. The molecule has 0 spiro atoms. The Labute approximate surface area is 586 Å². The Hall–Kier alpha value is -6.35. The van der Waals surface area contributed by atoms with E-state index >= 15 is 0 Å². The van der Waals surface area contributed by atoms with Gasteiger partial charge in [-0.15, -0.1) is 0 Å². The van der Waals surface area contributed by atoms with Crippen LogP contribution in [0.5, 0.6) is 23.0 Å². The number of hydrogen-bond donors (Lipinski definition) is 2. The van der Waals surface area contributed by atoms with E-state index < -0.39 is 8.07 Å². The first-order valence-corrected chi connectivity index (χ1v) is 36.7. The summed E-state index contributed by atoms with van der Waals surface area (Å²) in [5.74, 6) is 2.18. The van der Waals surface area contributed by atoms with Crippen molar-refractivity contribution in [3.8, 4) is 56.6 Å². The van der Waals surface area contributed by atoms with Crippen LogP contribution in [0.1, 0.15) is 211 Å². The van der Waals surface area contributed by atoms with Crippen LogP contribution in [0.2, 0.25) is 13.1 Å². The van der Waals surface area contributed by atoms with Gasteiger partial charge in [-0.05, 0) is 185 Å². The fraction of sp³-hybridized carbons (Fsp3) is 0.419. The SMILES string of the molecule is CC(C)(C)c1ccc([OH+]C[Si](C)(C)C[OH+]c2ccc(C(C)(C)C)cc2-c2cc(C(C)(C)C)cc(-n3c4ccc(C(C)(C)C)cc4c4cc(C(C)(C)C)ccc43)c2O)c(-c2cc(C(C)(C)C)cc(-n3c4ccc(C(C)(C)C)cc4c4cc(C(C)(C)C)ccc43)c2O)c1.[CH3-].[CH3-].[Hf]. The maximum atomic E-state index is 13.3. The molecule has 0 saturated heterocycles. The quantitative estimate of drug-likeness (QED) is 0.0813. The largest absolute Gasteiger partial charge is 0.585 e. The smallest absolute Gasteiger partial charge is 0.262 e. The molecule has 0 bridgehead atoms. The number of aromatic hydroxyl groups is 4. The van der Waals surface area contributed by atoms with Gasteiger partial charge in [0.2, 0.25) is 0 Å². The Bertz CT molecular complexity index is 4050. The second-order valence-electron chi connectivity index (χ2n) is 35.6. The average molecular weight is 1450 g/mol. The van der Waals surface area contributed by atoms with Gasteiger partial charge in [-0.25, -0.2) is 0 Å². The molecule has 0 saturated carbocycles. The minimum atomic E-state index is -2.30. The number of phenols is 2. The molecule has 0 aliphatic rings. The summed E-state index contributed by atoms with van der Waals surface area (Å²) in [6, 6.07) is 49.8. The van der Waals surface area contributed by atoms with Crippen molar-refractivity contribution in [3.05, 3.63) is 193 Å². The summed E-state index contributed by atoms with van der Waals surface area (Å²) in [6.07, 6.45) is 1.21. The van der Waals surface area contributed by atoms with Gasteiger partial charge in [0.05, 0.1) is 44.6 Å². The molecule has 500 valence electrons. The molecule has 4 N–H and O–H groups in total. The van der Waals surface area contributed by atoms with E-state index in [1.807, 2.05) is 0 Å². The number of aliphatic hydroxyl groups is 2. The maximum absolute atomic E-state index is 13.3. The van der Waals surface area contributed by atoms with E-state index in [1.54, 1.807) is 0 Å². The number of aromatic nitrogens is 2. The molecule has 2 aromatic heterocycles.